The molecule has 0 radical (unpaired) electrons. The normalized spacial score (nSPS) is 15.4. The Kier molecular flexibility index (Phi) is 6.37. The number of halogens is 2. The highest BCUT2D eigenvalue weighted by atomic mass is 19.1. The number of anilines is 2. The minimum absolute atomic E-state index is 0.0561. The molecule has 0 spiro atoms. The van der Waals surface area contributed by atoms with E-state index in [-0.39, 0.29) is 53.6 Å². The van der Waals surface area contributed by atoms with Gasteiger partial charge < -0.3 is 20.7 Å². The lowest BCUT2D eigenvalue weighted by molar-refractivity contribution is -0.121. The third-order valence-electron chi connectivity index (χ3n) is 5.98. The Morgan fingerprint density at radius 3 is 2.46 bits per heavy atom. The molecule has 3 heterocycles. The topological polar surface area (TPSA) is 105 Å². The SMILES string of the molecule is O=C(Cc1ccc(Nc2nc(-c3c(F)cccc3F)nc3c2C(=O)NC3)cc1)NC1CCOCC1. The lowest BCUT2D eigenvalue weighted by atomic mass is 10.1. The second kappa shape index (κ2) is 9.75. The molecule has 8 nitrogen and oxygen atoms in total. The van der Waals surface area contributed by atoms with Crippen LogP contribution in [0.15, 0.2) is 42.5 Å². The maximum Gasteiger partial charge on any atom is 0.257 e. The van der Waals surface area contributed by atoms with Crippen LogP contribution in [0.2, 0.25) is 0 Å². The Balaban J connectivity index is 1.35. The van der Waals surface area contributed by atoms with E-state index in [9.17, 15) is 18.4 Å². The van der Waals surface area contributed by atoms with Gasteiger partial charge in [0.15, 0.2) is 5.82 Å². The molecule has 2 amide bonds. The highest BCUT2D eigenvalue weighted by Crippen LogP contribution is 2.30. The number of hydrogen-bond acceptors (Lipinski definition) is 6. The van der Waals surface area contributed by atoms with Crippen LogP contribution in [0.25, 0.3) is 11.4 Å². The summed E-state index contributed by atoms with van der Waals surface area (Å²) in [6.07, 6.45) is 1.86. The van der Waals surface area contributed by atoms with Crippen LogP contribution in [0.1, 0.15) is 34.5 Å². The molecule has 1 aromatic heterocycles. The Labute approximate surface area is 200 Å². The number of fused-ring (bicyclic) bond motifs is 1. The van der Waals surface area contributed by atoms with Crippen molar-refractivity contribution in [1.29, 1.82) is 0 Å². The van der Waals surface area contributed by atoms with Crippen molar-refractivity contribution in [3.05, 3.63) is 70.9 Å². The average Bonchev–Trinajstić information content (AvgIpc) is 3.22. The van der Waals surface area contributed by atoms with Crippen molar-refractivity contribution in [2.24, 2.45) is 0 Å². The molecule has 3 aromatic rings. The van der Waals surface area contributed by atoms with Gasteiger partial charge in [-0.15, -0.1) is 0 Å². The molecule has 10 heteroatoms. The van der Waals surface area contributed by atoms with Crippen molar-refractivity contribution in [3.8, 4) is 11.4 Å². The van der Waals surface area contributed by atoms with Crippen molar-refractivity contribution >= 4 is 23.3 Å². The summed E-state index contributed by atoms with van der Waals surface area (Å²) in [5, 5.41) is 8.75. The van der Waals surface area contributed by atoms with Crippen LogP contribution in [0.5, 0.6) is 0 Å². The first-order chi connectivity index (χ1) is 17.0. The van der Waals surface area contributed by atoms with Crippen LogP contribution in [0, 0.1) is 11.6 Å². The summed E-state index contributed by atoms with van der Waals surface area (Å²) >= 11 is 0. The van der Waals surface area contributed by atoms with Gasteiger partial charge in [0, 0.05) is 24.9 Å². The quantitative estimate of drug-likeness (QED) is 0.501. The van der Waals surface area contributed by atoms with Crippen LogP contribution < -0.4 is 16.0 Å². The van der Waals surface area contributed by atoms with Crippen molar-refractivity contribution in [2.45, 2.75) is 31.8 Å². The summed E-state index contributed by atoms with van der Waals surface area (Å²) in [6.45, 7) is 1.44. The van der Waals surface area contributed by atoms with Crippen LogP contribution in [-0.2, 0) is 22.5 Å². The zero-order valence-corrected chi connectivity index (χ0v) is 18.7. The Morgan fingerprint density at radius 1 is 1.03 bits per heavy atom. The smallest absolute Gasteiger partial charge is 0.257 e. The van der Waals surface area contributed by atoms with Gasteiger partial charge in [0.2, 0.25) is 5.91 Å². The number of benzene rings is 2. The molecule has 3 N–H and O–H groups in total. The van der Waals surface area contributed by atoms with Crippen molar-refractivity contribution < 1.29 is 23.1 Å². The van der Waals surface area contributed by atoms with Crippen molar-refractivity contribution in [3.63, 3.8) is 0 Å². The third kappa shape index (κ3) is 4.97. The fourth-order valence-electron chi connectivity index (χ4n) is 4.19. The highest BCUT2D eigenvalue weighted by Gasteiger charge is 2.28. The number of carbonyl (C=O) groups is 2. The molecule has 0 bridgehead atoms. The zero-order chi connectivity index (χ0) is 24.4. The molecule has 2 aromatic carbocycles. The lowest BCUT2D eigenvalue weighted by Gasteiger charge is -2.23. The van der Waals surface area contributed by atoms with Gasteiger partial charge in [0.1, 0.15) is 23.0 Å². The number of rotatable bonds is 6. The first-order valence-corrected chi connectivity index (χ1v) is 11.3. The Bertz CT molecular complexity index is 1260. The molecule has 0 aliphatic carbocycles. The summed E-state index contributed by atoms with van der Waals surface area (Å²) in [5.74, 6) is -2.02. The summed E-state index contributed by atoms with van der Waals surface area (Å²) in [7, 11) is 0. The standard InChI is InChI=1S/C25H23F2N5O3/c26-17-2-1-3-18(27)21(17)23-31-19-13-28-25(34)22(19)24(32-23)30-15-6-4-14(5-7-15)12-20(33)29-16-8-10-35-11-9-16/h1-7,16H,8-13H2,(H,28,34)(H,29,33)(H,30,31,32). The maximum absolute atomic E-state index is 14.4. The monoisotopic (exact) mass is 479 g/mol. The van der Waals surface area contributed by atoms with Gasteiger partial charge in [-0.2, -0.15) is 0 Å². The maximum atomic E-state index is 14.4. The molecule has 2 aliphatic heterocycles. The van der Waals surface area contributed by atoms with Gasteiger partial charge >= 0.3 is 0 Å². The van der Waals surface area contributed by atoms with Crippen LogP contribution in [-0.4, -0.2) is 41.0 Å². The van der Waals surface area contributed by atoms with Gasteiger partial charge in [0.25, 0.3) is 5.91 Å². The average molecular weight is 479 g/mol. The predicted molar refractivity (Wildman–Crippen MR) is 124 cm³/mol. The lowest BCUT2D eigenvalue weighted by Crippen LogP contribution is -2.39. The summed E-state index contributed by atoms with van der Waals surface area (Å²) < 4.78 is 34.0. The van der Waals surface area contributed by atoms with Crippen LogP contribution >= 0.6 is 0 Å². The van der Waals surface area contributed by atoms with Gasteiger partial charge in [-0.1, -0.05) is 18.2 Å². The van der Waals surface area contributed by atoms with Crippen molar-refractivity contribution in [2.75, 3.05) is 18.5 Å². The van der Waals surface area contributed by atoms with E-state index in [0.717, 1.165) is 30.5 Å². The minimum Gasteiger partial charge on any atom is -0.381 e. The van der Waals surface area contributed by atoms with E-state index >= 15 is 0 Å². The van der Waals surface area contributed by atoms with E-state index in [1.807, 2.05) is 0 Å². The van der Waals surface area contributed by atoms with Gasteiger partial charge in [-0.3, -0.25) is 9.59 Å². The molecule has 1 saturated heterocycles. The Hall–Kier alpha value is -3.92. The summed E-state index contributed by atoms with van der Waals surface area (Å²) in [6, 6.07) is 10.7. The van der Waals surface area contributed by atoms with E-state index in [1.165, 1.54) is 6.07 Å². The number of ether oxygens (including phenoxy) is 1. The molecule has 0 atom stereocenters. The summed E-state index contributed by atoms with van der Waals surface area (Å²) in [5.41, 5.74) is 1.64. The number of carbonyl (C=O) groups excluding carboxylic acids is 2. The second-order valence-corrected chi connectivity index (χ2v) is 8.45. The number of nitrogens with zero attached hydrogens (tertiary/aromatic N) is 2. The Morgan fingerprint density at radius 2 is 1.74 bits per heavy atom. The minimum atomic E-state index is -0.795. The van der Waals surface area contributed by atoms with Crippen LogP contribution in [0.4, 0.5) is 20.3 Å². The molecular weight excluding hydrogens is 456 g/mol. The molecule has 0 unspecified atom stereocenters. The van der Waals surface area contributed by atoms with Gasteiger partial charge in [-0.05, 0) is 42.7 Å². The third-order valence-corrected chi connectivity index (χ3v) is 5.98. The van der Waals surface area contributed by atoms with Gasteiger partial charge in [-0.25, -0.2) is 18.7 Å². The first-order valence-electron chi connectivity index (χ1n) is 11.3. The van der Waals surface area contributed by atoms with E-state index in [4.69, 9.17) is 4.74 Å². The van der Waals surface area contributed by atoms with E-state index in [0.29, 0.717) is 24.6 Å². The fourth-order valence-corrected chi connectivity index (χ4v) is 4.19. The highest BCUT2D eigenvalue weighted by molar-refractivity contribution is 6.03. The largest absolute Gasteiger partial charge is 0.381 e. The van der Waals surface area contributed by atoms with E-state index < -0.39 is 11.6 Å². The molecule has 180 valence electrons. The molecule has 1 fully saturated rings. The number of aromatic nitrogens is 2. The molecule has 5 rings (SSSR count). The van der Waals surface area contributed by atoms with Crippen molar-refractivity contribution in [1.82, 2.24) is 20.6 Å². The number of nitrogens with one attached hydrogen (secondary N) is 3. The van der Waals surface area contributed by atoms with E-state index in [1.54, 1.807) is 24.3 Å². The number of amides is 2. The first kappa shape index (κ1) is 22.9. The fraction of sp³-hybridized carbons (Fsp3) is 0.280. The molecule has 35 heavy (non-hydrogen) atoms. The number of hydrogen-bond donors (Lipinski definition) is 3. The second-order valence-electron chi connectivity index (χ2n) is 8.45. The molecule has 0 saturated carbocycles. The van der Waals surface area contributed by atoms with E-state index in [2.05, 4.69) is 25.9 Å². The zero-order valence-electron chi connectivity index (χ0n) is 18.7. The van der Waals surface area contributed by atoms with Gasteiger partial charge in [0.05, 0.1) is 24.2 Å². The molecular formula is C25H23F2N5O3. The summed E-state index contributed by atoms with van der Waals surface area (Å²) in [4.78, 5) is 33.2. The predicted octanol–water partition coefficient (Wildman–Crippen LogP) is 3.25. The molecule has 2 aliphatic rings. The van der Waals surface area contributed by atoms with Crippen LogP contribution in [0.3, 0.4) is 0 Å².